The second kappa shape index (κ2) is 8.95. The van der Waals surface area contributed by atoms with E-state index in [-0.39, 0.29) is 19.7 Å². The molecule has 2 fully saturated rings. The molecule has 2 saturated heterocycles. The molecular weight excluding hydrogens is 392 g/mol. The number of hydrogen-bond acceptors (Lipinski definition) is 6. The van der Waals surface area contributed by atoms with Gasteiger partial charge in [-0.3, -0.25) is 10.00 Å². The Morgan fingerprint density at radius 3 is 2.70 bits per heavy atom. The van der Waals surface area contributed by atoms with E-state index in [1.54, 1.807) is 4.90 Å². The van der Waals surface area contributed by atoms with E-state index in [0.717, 1.165) is 43.1 Å². The molecular formula is C21H29F2N5O2. The number of aryl methyl sites for hydroxylation is 1. The summed E-state index contributed by atoms with van der Waals surface area (Å²) in [6, 6.07) is 7.43. The predicted molar refractivity (Wildman–Crippen MR) is 108 cm³/mol. The van der Waals surface area contributed by atoms with Crippen LogP contribution in [0.15, 0.2) is 24.3 Å². The average molecular weight is 421 g/mol. The van der Waals surface area contributed by atoms with Crippen molar-refractivity contribution in [3.05, 3.63) is 41.5 Å². The Morgan fingerprint density at radius 2 is 2.03 bits per heavy atom. The first-order chi connectivity index (χ1) is 14.4. The summed E-state index contributed by atoms with van der Waals surface area (Å²) in [5.74, 6) is 0.191. The van der Waals surface area contributed by atoms with E-state index in [4.69, 9.17) is 4.74 Å². The number of nitrogens with zero attached hydrogens (tertiary/aromatic N) is 4. The van der Waals surface area contributed by atoms with Crippen LogP contribution < -0.4 is 4.74 Å². The standard InChI is InChI=1S/C21H29F2N5O2/c1-15-24-20(26-25-15)17-5-7-27(8-6-17)11-18(29)12-30-19-4-2-3-16(9-19)10-28-13-21(22,23)14-28/h2-4,9,17-18,29H,5-8,10-14H2,1H3,(H,24,25,26). The highest BCUT2D eigenvalue weighted by Crippen LogP contribution is 2.29. The molecule has 2 N–H and O–H groups in total. The highest BCUT2D eigenvalue weighted by molar-refractivity contribution is 5.28. The molecule has 1 atom stereocenters. The third-order valence-corrected chi connectivity index (χ3v) is 5.69. The van der Waals surface area contributed by atoms with Gasteiger partial charge < -0.3 is 14.7 Å². The number of piperidine rings is 1. The van der Waals surface area contributed by atoms with Gasteiger partial charge in [0.05, 0.1) is 13.1 Å². The maximum atomic E-state index is 13.0. The van der Waals surface area contributed by atoms with Crippen LogP contribution in [0.2, 0.25) is 0 Å². The number of nitrogens with one attached hydrogen (secondary N) is 1. The van der Waals surface area contributed by atoms with E-state index >= 15 is 0 Å². The van der Waals surface area contributed by atoms with E-state index < -0.39 is 12.0 Å². The number of H-pyrrole nitrogens is 1. The van der Waals surface area contributed by atoms with Crippen LogP contribution in [0.25, 0.3) is 0 Å². The summed E-state index contributed by atoms with van der Waals surface area (Å²) in [5, 5.41) is 17.5. The fourth-order valence-electron chi connectivity index (χ4n) is 4.17. The predicted octanol–water partition coefficient (Wildman–Crippen LogP) is 2.18. The zero-order chi connectivity index (χ0) is 21.1. The summed E-state index contributed by atoms with van der Waals surface area (Å²) < 4.78 is 31.7. The number of aromatic amines is 1. The van der Waals surface area contributed by atoms with Crippen LogP contribution in [-0.4, -0.2) is 81.4 Å². The Balaban J connectivity index is 1.18. The third-order valence-electron chi connectivity index (χ3n) is 5.69. The molecule has 0 aliphatic carbocycles. The van der Waals surface area contributed by atoms with Crippen LogP contribution in [0.3, 0.4) is 0 Å². The van der Waals surface area contributed by atoms with Gasteiger partial charge in [0.2, 0.25) is 0 Å². The second-order valence-corrected chi connectivity index (χ2v) is 8.47. The van der Waals surface area contributed by atoms with Crippen LogP contribution in [0, 0.1) is 6.92 Å². The number of alkyl halides is 2. The first-order valence-corrected chi connectivity index (χ1v) is 10.5. The zero-order valence-electron chi connectivity index (χ0n) is 17.2. The minimum atomic E-state index is -2.56. The van der Waals surface area contributed by atoms with E-state index in [9.17, 15) is 13.9 Å². The van der Waals surface area contributed by atoms with Crippen molar-refractivity contribution >= 4 is 0 Å². The average Bonchev–Trinajstić information content (AvgIpc) is 3.12. The molecule has 2 aliphatic rings. The fourth-order valence-corrected chi connectivity index (χ4v) is 4.17. The number of rotatable bonds is 8. The molecule has 7 nitrogen and oxygen atoms in total. The topological polar surface area (TPSA) is 77.5 Å². The first-order valence-electron chi connectivity index (χ1n) is 10.5. The smallest absolute Gasteiger partial charge is 0.272 e. The minimum Gasteiger partial charge on any atom is -0.491 e. The van der Waals surface area contributed by atoms with Gasteiger partial charge in [-0.2, -0.15) is 5.10 Å². The van der Waals surface area contributed by atoms with Crippen molar-refractivity contribution in [3.8, 4) is 5.75 Å². The van der Waals surface area contributed by atoms with E-state index in [0.29, 0.717) is 24.8 Å². The lowest BCUT2D eigenvalue weighted by Gasteiger charge is -2.38. The highest BCUT2D eigenvalue weighted by Gasteiger charge is 2.43. The Hall–Kier alpha value is -2.10. The number of aromatic nitrogens is 3. The third kappa shape index (κ3) is 5.53. The molecule has 2 aromatic rings. The molecule has 3 heterocycles. The van der Waals surface area contributed by atoms with Crippen molar-refractivity contribution in [2.24, 2.45) is 0 Å². The number of hydrogen-bond donors (Lipinski definition) is 2. The SMILES string of the molecule is Cc1nc(C2CCN(CC(O)COc3cccc(CN4CC(F)(F)C4)c3)CC2)n[nH]1. The molecule has 1 aromatic carbocycles. The lowest BCUT2D eigenvalue weighted by atomic mass is 9.96. The molecule has 2 aliphatic heterocycles. The summed E-state index contributed by atoms with van der Waals surface area (Å²) in [5.41, 5.74) is 0.932. The van der Waals surface area contributed by atoms with Crippen LogP contribution in [0.1, 0.15) is 36.0 Å². The number of benzene rings is 1. The molecule has 0 saturated carbocycles. The lowest BCUT2D eigenvalue weighted by Crippen LogP contribution is -2.55. The molecule has 9 heteroatoms. The molecule has 1 aromatic heterocycles. The van der Waals surface area contributed by atoms with Crippen LogP contribution in [0.4, 0.5) is 8.78 Å². The monoisotopic (exact) mass is 421 g/mol. The molecule has 1 unspecified atom stereocenters. The largest absolute Gasteiger partial charge is 0.491 e. The maximum Gasteiger partial charge on any atom is 0.272 e. The molecule has 4 rings (SSSR count). The maximum absolute atomic E-state index is 13.0. The van der Waals surface area contributed by atoms with E-state index in [1.165, 1.54) is 0 Å². The Morgan fingerprint density at radius 1 is 1.27 bits per heavy atom. The fraction of sp³-hybridized carbons (Fsp3) is 0.619. The normalized spacial score (nSPS) is 21.3. The summed E-state index contributed by atoms with van der Waals surface area (Å²) in [4.78, 5) is 8.38. The Bertz CT molecular complexity index is 830. The van der Waals surface area contributed by atoms with Gasteiger partial charge in [0.15, 0.2) is 5.82 Å². The van der Waals surface area contributed by atoms with Crippen molar-refractivity contribution in [1.29, 1.82) is 0 Å². The van der Waals surface area contributed by atoms with Gasteiger partial charge in [0.25, 0.3) is 5.92 Å². The molecule has 0 amide bonds. The molecule has 0 bridgehead atoms. The Labute approximate surface area is 175 Å². The highest BCUT2D eigenvalue weighted by atomic mass is 19.3. The minimum absolute atomic E-state index is 0.191. The van der Waals surface area contributed by atoms with Crippen LogP contribution >= 0.6 is 0 Å². The number of ether oxygens (including phenoxy) is 1. The van der Waals surface area contributed by atoms with Gasteiger partial charge in [0, 0.05) is 19.0 Å². The van der Waals surface area contributed by atoms with Crippen molar-refractivity contribution in [2.75, 3.05) is 39.3 Å². The van der Waals surface area contributed by atoms with Gasteiger partial charge in [-0.25, -0.2) is 13.8 Å². The van der Waals surface area contributed by atoms with Gasteiger partial charge >= 0.3 is 0 Å². The Kier molecular flexibility index (Phi) is 6.31. The number of likely N-dealkylation sites (tertiary alicyclic amines) is 2. The number of halogens is 2. The first kappa shape index (κ1) is 21.1. The summed E-state index contributed by atoms with van der Waals surface area (Å²) in [6.45, 7) is 4.55. The van der Waals surface area contributed by atoms with Crippen molar-refractivity contribution in [1.82, 2.24) is 25.0 Å². The van der Waals surface area contributed by atoms with Crippen LogP contribution in [-0.2, 0) is 6.54 Å². The number of β-amino-alcohol motifs (C(OH)–C–C–N with tert-alkyl or cyclic N) is 1. The van der Waals surface area contributed by atoms with Crippen LogP contribution in [0.5, 0.6) is 5.75 Å². The molecule has 164 valence electrons. The van der Waals surface area contributed by atoms with E-state index in [2.05, 4.69) is 20.1 Å². The summed E-state index contributed by atoms with van der Waals surface area (Å²) in [7, 11) is 0. The molecule has 0 spiro atoms. The van der Waals surface area contributed by atoms with Gasteiger partial charge in [-0.15, -0.1) is 0 Å². The lowest BCUT2D eigenvalue weighted by molar-refractivity contribution is -0.133. The van der Waals surface area contributed by atoms with Gasteiger partial charge in [-0.05, 0) is 50.6 Å². The van der Waals surface area contributed by atoms with Crippen molar-refractivity contribution in [2.45, 2.75) is 44.3 Å². The summed E-state index contributed by atoms with van der Waals surface area (Å²) >= 11 is 0. The second-order valence-electron chi connectivity index (χ2n) is 8.47. The summed E-state index contributed by atoms with van der Waals surface area (Å²) in [6.07, 6.45) is 1.36. The van der Waals surface area contributed by atoms with Crippen molar-refractivity contribution < 1.29 is 18.6 Å². The number of aliphatic hydroxyl groups is 1. The molecule has 30 heavy (non-hydrogen) atoms. The zero-order valence-corrected chi connectivity index (χ0v) is 17.2. The molecule has 0 radical (unpaired) electrons. The van der Waals surface area contributed by atoms with E-state index in [1.807, 2.05) is 31.2 Å². The quantitative estimate of drug-likeness (QED) is 0.681. The van der Waals surface area contributed by atoms with Crippen molar-refractivity contribution in [3.63, 3.8) is 0 Å². The number of aliphatic hydroxyl groups excluding tert-OH is 1. The van der Waals surface area contributed by atoms with Gasteiger partial charge in [0.1, 0.15) is 24.3 Å². The van der Waals surface area contributed by atoms with Gasteiger partial charge in [-0.1, -0.05) is 12.1 Å².